The highest BCUT2D eigenvalue weighted by molar-refractivity contribution is 5.81. The molecule has 2 fully saturated rings. The van der Waals surface area contributed by atoms with E-state index in [4.69, 9.17) is 14.7 Å². The molecule has 30 heavy (non-hydrogen) atoms. The Hall–Kier alpha value is -2.62. The van der Waals surface area contributed by atoms with E-state index in [2.05, 4.69) is 10.2 Å². The van der Waals surface area contributed by atoms with Crippen LogP contribution in [0.3, 0.4) is 0 Å². The van der Waals surface area contributed by atoms with Gasteiger partial charge in [0.1, 0.15) is 6.04 Å². The number of fused-ring (bicyclic) bond motifs is 1. The van der Waals surface area contributed by atoms with Crippen LogP contribution in [-0.4, -0.2) is 70.4 Å². The summed E-state index contributed by atoms with van der Waals surface area (Å²) in [4.78, 5) is 39.6. The van der Waals surface area contributed by atoms with Crippen molar-refractivity contribution in [2.24, 2.45) is 7.05 Å². The first kappa shape index (κ1) is 20.6. The molecule has 164 valence electrons. The van der Waals surface area contributed by atoms with E-state index in [1.54, 1.807) is 18.5 Å². The maximum absolute atomic E-state index is 13.4. The average Bonchev–Trinajstić information content (AvgIpc) is 3.16. The number of nitrogens with one attached hydrogen (secondary N) is 1. The van der Waals surface area contributed by atoms with E-state index >= 15 is 0 Å². The van der Waals surface area contributed by atoms with Gasteiger partial charge in [0, 0.05) is 46.3 Å². The molecule has 4 heterocycles. The number of piperidine rings is 1. The molecule has 0 amide bonds. The van der Waals surface area contributed by atoms with E-state index in [1.807, 2.05) is 16.4 Å². The summed E-state index contributed by atoms with van der Waals surface area (Å²) in [6.45, 7) is 8.92. The van der Waals surface area contributed by atoms with Crippen molar-refractivity contribution in [2.45, 2.75) is 45.7 Å². The molecule has 10 heteroatoms. The van der Waals surface area contributed by atoms with Crippen LogP contribution in [0, 0.1) is 0 Å². The molecule has 1 unspecified atom stereocenters. The van der Waals surface area contributed by atoms with Crippen molar-refractivity contribution < 1.29 is 9.53 Å². The largest absolute Gasteiger partial charge is 0.464 e. The summed E-state index contributed by atoms with van der Waals surface area (Å²) in [7, 11) is 1.72. The predicted molar refractivity (Wildman–Crippen MR) is 115 cm³/mol. The number of nitrogens with zero attached hydrogens (tertiary/aromatic N) is 6. The molecule has 0 bridgehead atoms. The van der Waals surface area contributed by atoms with Gasteiger partial charge in [0.15, 0.2) is 11.2 Å². The zero-order valence-electron chi connectivity index (χ0n) is 18.1. The van der Waals surface area contributed by atoms with Crippen molar-refractivity contribution in [3.05, 3.63) is 10.4 Å². The minimum Gasteiger partial charge on any atom is -0.464 e. The zero-order valence-corrected chi connectivity index (χ0v) is 18.1. The number of ether oxygens (including phenoxy) is 1. The number of hydrogen-bond donors (Lipinski definition) is 1. The fourth-order valence-electron chi connectivity index (χ4n) is 4.45. The number of carbonyl (C=O) groups excluding carboxylic acids is 1. The molecular weight excluding hydrogens is 386 g/mol. The zero-order chi connectivity index (χ0) is 21.3. The third kappa shape index (κ3) is 3.53. The van der Waals surface area contributed by atoms with Gasteiger partial charge in [-0.05, 0) is 33.1 Å². The third-order valence-corrected chi connectivity index (χ3v) is 5.98. The van der Waals surface area contributed by atoms with E-state index in [1.165, 1.54) is 0 Å². The fraction of sp³-hybridized carbons (Fsp3) is 0.700. The summed E-state index contributed by atoms with van der Waals surface area (Å²) in [5.41, 5.74) is 0.817. The quantitative estimate of drug-likeness (QED) is 0.702. The van der Waals surface area contributed by atoms with E-state index in [9.17, 15) is 9.59 Å². The molecule has 0 radical (unpaired) electrons. The summed E-state index contributed by atoms with van der Waals surface area (Å²) in [5.74, 6) is 1.02. The van der Waals surface area contributed by atoms with Gasteiger partial charge in [-0.3, -0.25) is 9.36 Å². The van der Waals surface area contributed by atoms with Crippen LogP contribution >= 0.6 is 0 Å². The van der Waals surface area contributed by atoms with E-state index < -0.39 is 6.04 Å². The van der Waals surface area contributed by atoms with Crippen LogP contribution in [0.2, 0.25) is 0 Å². The summed E-state index contributed by atoms with van der Waals surface area (Å²) in [6, 6.07) is -0.421. The molecule has 0 aliphatic carbocycles. The van der Waals surface area contributed by atoms with Crippen LogP contribution in [0.25, 0.3) is 11.2 Å². The predicted octanol–water partition coefficient (Wildman–Crippen LogP) is 0.482. The number of hydrogen-bond acceptors (Lipinski definition) is 8. The van der Waals surface area contributed by atoms with Crippen LogP contribution in [0.1, 0.15) is 33.1 Å². The number of esters is 1. The maximum atomic E-state index is 13.4. The standard InChI is InChI=1S/C20H31N7O3/c1-4-26-15-16(23-20(26)25-12-9-21-10-13-25)22-19(24(3)17(15)28)27-11-7-6-8-14(27)18(29)30-5-2/h14,21H,4-13H2,1-3H3. The molecule has 4 rings (SSSR count). The Bertz CT molecular complexity index is 977. The van der Waals surface area contributed by atoms with Gasteiger partial charge >= 0.3 is 5.97 Å². The Kier molecular flexibility index (Phi) is 5.94. The number of carbonyl (C=O) groups is 1. The summed E-state index contributed by atoms with van der Waals surface area (Å²) in [6.07, 6.45) is 2.59. The summed E-state index contributed by atoms with van der Waals surface area (Å²) >= 11 is 0. The third-order valence-electron chi connectivity index (χ3n) is 5.98. The Morgan fingerprint density at radius 1 is 1.13 bits per heavy atom. The van der Waals surface area contributed by atoms with Gasteiger partial charge in [0.25, 0.3) is 5.56 Å². The Labute approximate surface area is 175 Å². The number of rotatable bonds is 5. The monoisotopic (exact) mass is 417 g/mol. The molecular formula is C20H31N7O3. The lowest BCUT2D eigenvalue weighted by atomic mass is 10.0. The SMILES string of the molecule is CCOC(=O)C1CCCCN1c1nc2nc(N3CCNCC3)n(CC)c2c(=O)n1C. The molecule has 2 aliphatic heterocycles. The van der Waals surface area contributed by atoms with Crippen molar-refractivity contribution in [2.75, 3.05) is 49.1 Å². The molecule has 1 atom stereocenters. The molecule has 0 saturated carbocycles. The minimum atomic E-state index is -0.421. The summed E-state index contributed by atoms with van der Waals surface area (Å²) < 4.78 is 8.79. The highest BCUT2D eigenvalue weighted by atomic mass is 16.5. The lowest BCUT2D eigenvalue weighted by Gasteiger charge is -2.35. The molecule has 0 aromatic carbocycles. The van der Waals surface area contributed by atoms with E-state index in [0.717, 1.165) is 45.0 Å². The maximum Gasteiger partial charge on any atom is 0.328 e. The summed E-state index contributed by atoms with van der Waals surface area (Å²) in [5, 5.41) is 3.34. The van der Waals surface area contributed by atoms with Gasteiger partial charge in [-0.1, -0.05) is 0 Å². The van der Waals surface area contributed by atoms with Crippen molar-refractivity contribution in [3.8, 4) is 0 Å². The van der Waals surface area contributed by atoms with Crippen molar-refractivity contribution in [1.82, 2.24) is 24.4 Å². The molecule has 1 N–H and O–H groups in total. The Morgan fingerprint density at radius 3 is 2.57 bits per heavy atom. The van der Waals surface area contributed by atoms with Gasteiger partial charge in [-0.2, -0.15) is 9.97 Å². The van der Waals surface area contributed by atoms with Crippen molar-refractivity contribution >= 4 is 29.0 Å². The smallest absolute Gasteiger partial charge is 0.328 e. The topological polar surface area (TPSA) is 97.5 Å². The van der Waals surface area contributed by atoms with Crippen LogP contribution in [0.5, 0.6) is 0 Å². The van der Waals surface area contributed by atoms with Gasteiger partial charge in [-0.15, -0.1) is 0 Å². The number of imidazole rings is 1. The van der Waals surface area contributed by atoms with Crippen LogP contribution in [0.15, 0.2) is 4.79 Å². The molecule has 10 nitrogen and oxygen atoms in total. The highest BCUT2D eigenvalue weighted by Gasteiger charge is 2.33. The van der Waals surface area contributed by atoms with Crippen molar-refractivity contribution in [3.63, 3.8) is 0 Å². The van der Waals surface area contributed by atoms with Crippen LogP contribution in [0.4, 0.5) is 11.9 Å². The lowest BCUT2D eigenvalue weighted by Crippen LogP contribution is -2.48. The van der Waals surface area contributed by atoms with Gasteiger partial charge in [-0.25, -0.2) is 4.79 Å². The number of aryl methyl sites for hydroxylation is 1. The normalized spacial score (nSPS) is 20.0. The molecule has 2 aromatic heterocycles. The van der Waals surface area contributed by atoms with Crippen LogP contribution in [-0.2, 0) is 23.1 Å². The Balaban J connectivity index is 1.80. The van der Waals surface area contributed by atoms with Gasteiger partial charge in [0.05, 0.1) is 6.61 Å². The number of piperazine rings is 1. The number of aromatic nitrogens is 4. The first-order chi connectivity index (χ1) is 14.6. The Morgan fingerprint density at radius 2 is 1.87 bits per heavy atom. The number of anilines is 2. The van der Waals surface area contributed by atoms with Gasteiger partial charge in [0.2, 0.25) is 11.9 Å². The highest BCUT2D eigenvalue weighted by Crippen LogP contribution is 2.26. The molecule has 2 saturated heterocycles. The molecule has 2 aromatic rings. The van der Waals surface area contributed by atoms with Gasteiger partial charge < -0.3 is 24.4 Å². The lowest BCUT2D eigenvalue weighted by molar-refractivity contribution is -0.145. The molecule has 0 spiro atoms. The van der Waals surface area contributed by atoms with E-state index in [-0.39, 0.29) is 11.5 Å². The first-order valence-electron chi connectivity index (χ1n) is 10.9. The molecule has 2 aliphatic rings. The average molecular weight is 418 g/mol. The second-order valence-corrected chi connectivity index (χ2v) is 7.80. The van der Waals surface area contributed by atoms with Crippen LogP contribution < -0.4 is 20.7 Å². The first-order valence-corrected chi connectivity index (χ1v) is 10.9. The van der Waals surface area contributed by atoms with Crippen molar-refractivity contribution in [1.29, 1.82) is 0 Å². The van der Waals surface area contributed by atoms with E-state index in [0.29, 0.717) is 43.2 Å². The minimum absolute atomic E-state index is 0.140. The fourth-order valence-corrected chi connectivity index (χ4v) is 4.45. The second kappa shape index (κ2) is 8.63. The second-order valence-electron chi connectivity index (χ2n) is 7.80.